The number of benzene rings is 1. The van der Waals surface area contributed by atoms with Crippen molar-refractivity contribution in [2.75, 3.05) is 5.73 Å². The summed E-state index contributed by atoms with van der Waals surface area (Å²) in [6.07, 6.45) is 0.231. The number of piperidine rings is 1. The van der Waals surface area contributed by atoms with Crippen LogP contribution in [0.5, 0.6) is 0 Å². The van der Waals surface area contributed by atoms with Crippen molar-refractivity contribution in [2.45, 2.75) is 25.4 Å². The second-order valence-corrected chi connectivity index (χ2v) is 4.76. The molecule has 0 aromatic heterocycles. The van der Waals surface area contributed by atoms with E-state index < -0.39 is 36.1 Å². The van der Waals surface area contributed by atoms with E-state index in [1.807, 2.05) is 0 Å². The molecule has 6 nitrogen and oxygen atoms in total. The third kappa shape index (κ3) is 1.82. The fourth-order valence-electron chi connectivity index (χ4n) is 2.48. The molecule has 0 radical (unpaired) electrons. The summed E-state index contributed by atoms with van der Waals surface area (Å²) in [5.41, 5.74) is 5.89. The number of imide groups is 1. The van der Waals surface area contributed by atoms with Crippen LogP contribution in [-0.2, 0) is 16.1 Å². The third-order valence-corrected chi connectivity index (χ3v) is 3.46. The first-order chi connectivity index (χ1) is 9.90. The van der Waals surface area contributed by atoms with Crippen LogP contribution in [0.2, 0.25) is 0 Å². The van der Waals surface area contributed by atoms with Gasteiger partial charge in [0.1, 0.15) is 11.9 Å². The van der Waals surface area contributed by atoms with Crippen LogP contribution < -0.4 is 11.1 Å². The highest BCUT2D eigenvalue weighted by Crippen LogP contribution is 2.31. The molecule has 3 amide bonds. The number of fused-ring (bicyclic) bond motifs is 1. The van der Waals surface area contributed by atoms with E-state index >= 15 is 0 Å². The maximum Gasteiger partial charge on any atom is 0.255 e. The lowest BCUT2D eigenvalue weighted by Crippen LogP contribution is -2.52. The number of nitrogens with zero attached hydrogens (tertiary/aromatic N) is 1. The van der Waals surface area contributed by atoms with Crippen LogP contribution in [0.15, 0.2) is 12.1 Å². The summed E-state index contributed by atoms with van der Waals surface area (Å²) in [7, 11) is 0. The Hall–Kier alpha value is -2.44. The minimum Gasteiger partial charge on any atom is -0.398 e. The minimum absolute atomic E-state index is 0.00259. The summed E-state index contributed by atoms with van der Waals surface area (Å²) in [6.45, 7) is -1.18. The summed E-state index contributed by atoms with van der Waals surface area (Å²) >= 11 is 0. The van der Waals surface area contributed by atoms with Gasteiger partial charge in [-0.3, -0.25) is 19.7 Å². The molecule has 2 aliphatic heterocycles. The first-order valence-corrected chi connectivity index (χ1v) is 6.07. The van der Waals surface area contributed by atoms with Gasteiger partial charge in [0.05, 0.1) is 1.37 Å². The highest BCUT2D eigenvalue weighted by Gasteiger charge is 2.39. The molecule has 1 fully saturated rings. The van der Waals surface area contributed by atoms with Gasteiger partial charge in [0.15, 0.2) is 0 Å². The Kier molecular flexibility index (Phi) is 2.45. The van der Waals surface area contributed by atoms with Gasteiger partial charge in [0.2, 0.25) is 11.8 Å². The second-order valence-electron chi connectivity index (χ2n) is 4.76. The van der Waals surface area contributed by atoms with Gasteiger partial charge in [0, 0.05) is 29.8 Å². The van der Waals surface area contributed by atoms with Gasteiger partial charge in [-0.05, 0) is 18.6 Å². The van der Waals surface area contributed by atoms with Gasteiger partial charge in [-0.25, -0.2) is 4.39 Å². The highest BCUT2D eigenvalue weighted by molar-refractivity contribution is 6.06. The van der Waals surface area contributed by atoms with E-state index in [1.54, 1.807) is 0 Å². The van der Waals surface area contributed by atoms with Gasteiger partial charge in [0.25, 0.3) is 5.91 Å². The number of amides is 3. The van der Waals surface area contributed by atoms with Crippen LogP contribution >= 0.6 is 0 Å². The van der Waals surface area contributed by atoms with Crippen molar-refractivity contribution >= 4 is 23.4 Å². The largest absolute Gasteiger partial charge is 0.398 e. The highest BCUT2D eigenvalue weighted by atomic mass is 19.1. The number of nitrogens with one attached hydrogen (secondary N) is 1. The Bertz CT molecular complexity index is 679. The molecule has 2 aliphatic rings. The first kappa shape index (κ1) is 11.4. The Morgan fingerprint density at radius 2 is 2.15 bits per heavy atom. The molecule has 0 aliphatic carbocycles. The topological polar surface area (TPSA) is 92.5 Å². The average molecular weight is 278 g/mol. The summed E-state index contributed by atoms with van der Waals surface area (Å²) in [4.78, 5) is 36.4. The molecular formula is C13H12FN3O3. The lowest BCUT2D eigenvalue weighted by Gasteiger charge is -2.29. The molecule has 0 bridgehead atoms. The number of nitrogen functional groups attached to an aromatic ring is 1. The molecule has 1 aromatic rings. The molecule has 104 valence electrons. The number of hydrogen-bond acceptors (Lipinski definition) is 4. The number of anilines is 1. The van der Waals surface area contributed by atoms with Gasteiger partial charge in [-0.15, -0.1) is 0 Å². The summed E-state index contributed by atoms with van der Waals surface area (Å²) in [6, 6.07) is 1.14. The zero-order chi connectivity index (χ0) is 15.3. The van der Waals surface area contributed by atoms with E-state index in [9.17, 15) is 18.8 Å². The maximum atomic E-state index is 13.4. The van der Waals surface area contributed by atoms with Crippen LogP contribution in [0.3, 0.4) is 0 Å². The normalized spacial score (nSPS) is 26.4. The molecule has 20 heavy (non-hydrogen) atoms. The van der Waals surface area contributed by atoms with E-state index in [4.69, 9.17) is 7.10 Å². The SMILES string of the molecule is [2H]C1c2c(N)cc(F)cc2C(=O)N1C1CCC(=O)NC1=O. The Morgan fingerprint density at radius 1 is 1.40 bits per heavy atom. The third-order valence-electron chi connectivity index (χ3n) is 3.46. The van der Waals surface area contributed by atoms with Crippen molar-refractivity contribution < 1.29 is 20.1 Å². The molecular weight excluding hydrogens is 265 g/mol. The van der Waals surface area contributed by atoms with Crippen LogP contribution in [0.4, 0.5) is 10.1 Å². The van der Waals surface area contributed by atoms with Crippen LogP contribution in [-0.4, -0.2) is 28.7 Å². The smallest absolute Gasteiger partial charge is 0.255 e. The predicted molar refractivity (Wildman–Crippen MR) is 66.9 cm³/mol. The Balaban J connectivity index is 2.00. The molecule has 2 unspecified atom stereocenters. The van der Waals surface area contributed by atoms with Crippen molar-refractivity contribution in [3.8, 4) is 0 Å². The number of halogens is 1. The monoisotopic (exact) mass is 278 g/mol. The van der Waals surface area contributed by atoms with E-state index in [0.717, 1.165) is 17.0 Å². The molecule has 1 aromatic carbocycles. The van der Waals surface area contributed by atoms with Gasteiger partial charge in [-0.2, -0.15) is 0 Å². The molecule has 1 saturated heterocycles. The predicted octanol–water partition coefficient (Wildman–Crippen LogP) is 0.169. The van der Waals surface area contributed by atoms with E-state index in [1.165, 1.54) is 0 Å². The Labute approximate surface area is 115 Å². The summed E-state index contributed by atoms with van der Waals surface area (Å²) in [5, 5.41) is 2.14. The second kappa shape index (κ2) is 4.29. The standard InChI is InChI=1S/C13H12FN3O3/c14-6-3-7-8(9(15)4-6)5-17(13(7)20)10-1-2-11(18)16-12(10)19/h3-4,10H,1-2,5,15H2,(H,16,18,19)/i5D. The van der Waals surface area contributed by atoms with Crippen LogP contribution in [0.25, 0.3) is 0 Å². The van der Waals surface area contributed by atoms with Crippen molar-refractivity contribution in [3.05, 3.63) is 29.1 Å². The minimum atomic E-state index is -1.18. The number of carbonyl (C=O) groups excluding carboxylic acids is 3. The van der Waals surface area contributed by atoms with E-state index in [0.29, 0.717) is 0 Å². The van der Waals surface area contributed by atoms with Crippen molar-refractivity contribution in [3.63, 3.8) is 0 Å². The summed E-state index contributed by atoms with van der Waals surface area (Å²) < 4.78 is 21.5. The van der Waals surface area contributed by atoms with Crippen molar-refractivity contribution in [1.29, 1.82) is 0 Å². The molecule has 2 atom stereocenters. The molecule has 3 rings (SSSR count). The average Bonchev–Trinajstić information content (AvgIpc) is 2.63. The maximum absolute atomic E-state index is 13.4. The van der Waals surface area contributed by atoms with Crippen LogP contribution in [0, 0.1) is 5.82 Å². The van der Waals surface area contributed by atoms with E-state index in [2.05, 4.69) is 5.32 Å². The quantitative estimate of drug-likeness (QED) is 0.565. The summed E-state index contributed by atoms with van der Waals surface area (Å²) in [5.74, 6) is -2.32. The molecule has 3 N–H and O–H groups in total. The van der Waals surface area contributed by atoms with Crippen LogP contribution in [0.1, 0.15) is 30.1 Å². The number of hydrogen-bond donors (Lipinski definition) is 2. The zero-order valence-electron chi connectivity index (χ0n) is 11.4. The molecule has 2 heterocycles. The fourth-order valence-corrected chi connectivity index (χ4v) is 2.48. The van der Waals surface area contributed by atoms with E-state index in [-0.39, 0.29) is 29.7 Å². The lowest BCUT2D eigenvalue weighted by molar-refractivity contribution is -0.136. The number of nitrogens with two attached hydrogens (primary N) is 1. The number of rotatable bonds is 1. The van der Waals surface area contributed by atoms with Crippen molar-refractivity contribution in [1.82, 2.24) is 10.2 Å². The number of carbonyl (C=O) groups is 3. The molecule has 0 saturated carbocycles. The Morgan fingerprint density at radius 3 is 2.85 bits per heavy atom. The molecule has 7 heteroatoms. The van der Waals surface area contributed by atoms with Gasteiger partial charge in [-0.1, -0.05) is 0 Å². The zero-order valence-corrected chi connectivity index (χ0v) is 10.4. The molecule has 0 spiro atoms. The van der Waals surface area contributed by atoms with Crippen molar-refractivity contribution in [2.24, 2.45) is 0 Å². The first-order valence-electron chi connectivity index (χ1n) is 6.65. The lowest BCUT2D eigenvalue weighted by atomic mass is 10.0. The van der Waals surface area contributed by atoms with Gasteiger partial charge < -0.3 is 10.6 Å². The van der Waals surface area contributed by atoms with Gasteiger partial charge >= 0.3 is 0 Å². The fraction of sp³-hybridized carbons (Fsp3) is 0.308.